The third-order valence-electron chi connectivity index (χ3n) is 5.73. The first-order valence-corrected chi connectivity index (χ1v) is 9.79. The number of hydrogen-bond acceptors (Lipinski definition) is 0. The Morgan fingerprint density at radius 3 is 1.96 bits per heavy atom. The van der Waals surface area contributed by atoms with Crippen molar-refractivity contribution in [3.63, 3.8) is 0 Å². The SMILES string of the molecule is CCC(CCc1ccccc1)(CCc1ccc(Br)cc1)C1CC1. The van der Waals surface area contributed by atoms with Gasteiger partial charge in [0.1, 0.15) is 0 Å². The average Bonchev–Trinajstić information content (AvgIpc) is 3.43. The molecule has 1 fully saturated rings. The van der Waals surface area contributed by atoms with Crippen LogP contribution in [0, 0.1) is 11.3 Å². The second-order valence-electron chi connectivity index (χ2n) is 7.10. The lowest BCUT2D eigenvalue weighted by atomic mass is 9.71. The third-order valence-corrected chi connectivity index (χ3v) is 6.26. The Labute approximate surface area is 149 Å². The van der Waals surface area contributed by atoms with Crippen molar-refractivity contribution in [2.45, 2.75) is 51.9 Å². The molecule has 1 heteroatoms. The van der Waals surface area contributed by atoms with E-state index in [2.05, 4.69) is 77.5 Å². The van der Waals surface area contributed by atoms with E-state index >= 15 is 0 Å². The van der Waals surface area contributed by atoms with Crippen LogP contribution >= 0.6 is 15.9 Å². The maximum Gasteiger partial charge on any atom is 0.0175 e. The predicted octanol–water partition coefficient (Wildman–Crippen LogP) is 6.82. The van der Waals surface area contributed by atoms with Gasteiger partial charge in [0.05, 0.1) is 0 Å². The molecule has 122 valence electrons. The molecule has 1 aliphatic rings. The number of halogens is 1. The van der Waals surface area contributed by atoms with Gasteiger partial charge in [-0.05, 0) is 73.1 Å². The molecule has 1 unspecified atom stereocenters. The fraction of sp³-hybridized carbons (Fsp3) is 0.455. The number of hydrogen-bond donors (Lipinski definition) is 0. The van der Waals surface area contributed by atoms with E-state index in [0.717, 1.165) is 5.92 Å². The number of benzene rings is 2. The molecular formula is C22H27Br. The van der Waals surface area contributed by atoms with Gasteiger partial charge in [0, 0.05) is 4.47 Å². The summed E-state index contributed by atoms with van der Waals surface area (Å²) in [5, 5.41) is 0. The molecule has 1 aliphatic carbocycles. The van der Waals surface area contributed by atoms with Crippen LogP contribution in [-0.2, 0) is 12.8 Å². The zero-order chi connectivity index (χ0) is 16.1. The fourth-order valence-electron chi connectivity index (χ4n) is 3.95. The lowest BCUT2D eigenvalue weighted by molar-refractivity contribution is 0.187. The van der Waals surface area contributed by atoms with Gasteiger partial charge < -0.3 is 0 Å². The Kier molecular flexibility index (Phi) is 5.58. The maximum absolute atomic E-state index is 3.53. The Morgan fingerprint density at radius 1 is 0.870 bits per heavy atom. The number of rotatable bonds is 8. The zero-order valence-corrected chi connectivity index (χ0v) is 15.7. The summed E-state index contributed by atoms with van der Waals surface area (Å²) in [6.45, 7) is 2.41. The molecule has 1 saturated carbocycles. The van der Waals surface area contributed by atoms with E-state index in [4.69, 9.17) is 0 Å². The van der Waals surface area contributed by atoms with E-state index < -0.39 is 0 Å². The molecule has 0 aromatic heterocycles. The third kappa shape index (κ3) is 4.47. The molecule has 0 radical (unpaired) electrons. The molecule has 0 nitrogen and oxygen atoms in total. The van der Waals surface area contributed by atoms with Crippen molar-refractivity contribution in [3.8, 4) is 0 Å². The molecule has 2 aromatic rings. The van der Waals surface area contributed by atoms with Crippen LogP contribution in [-0.4, -0.2) is 0 Å². The van der Waals surface area contributed by atoms with Gasteiger partial charge >= 0.3 is 0 Å². The van der Waals surface area contributed by atoms with Crippen molar-refractivity contribution < 1.29 is 0 Å². The Morgan fingerprint density at radius 2 is 1.43 bits per heavy atom. The Balaban J connectivity index is 1.65. The highest BCUT2D eigenvalue weighted by Gasteiger charge is 2.42. The normalized spacial score (nSPS) is 17.0. The van der Waals surface area contributed by atoms with Crippen LogP contribution in [0.5, 0.6) is 0 Å². The molecule has 1 atom stereocenters. The highest BCUT2D eigenvalue weighted by Crippen LogP contribution is 2.53. The van der Waals surface area contributed by atoms with Gasteiger partial charge in [-0.3, -0.25) is 0 Å². The van der Waals surface area contributed by atoms with Crippen LogP contribution in [0.15, 0.2) is 59.1 Å². The number of aryl methyl sites for hydroxylation is 2. The summed E-state index contributed by atoms with van der Waals surface area (Å²) >= 11 is 3.53. The highest BCUT2D eigenvalue weighted by atomic mass is 79.9. The maximum atomic E-state index is 3.53. The molecule has 0 saturated heterocycles. The smallest absolute Gasteiger partial charge is 0.0175 e. The molecule has 0 amide bonds. The van der Waals surface area contributed by atoms with Crippen LogP contribution in [0.2, 0.25) is 0 Å². The minimum atomic E-state index is 0.545. The van der Waals surface area contributed by atoms with E-state index in [1.54, 1.807) is 0 Å². The standard InChI is InChI=1S/C22H27Br/c1-2-22(20-10-11-20,16-14-18-6-4-3-5-7-18)17-15-19-8-12-21(23)13-9-19/h3-9,12-13,20H,2,10-11,14-17H2,1H3. The van der Waals surface area contributed by atoms with Crippen LogP contribution in [0.25, 0.3) is 0 Å². The molecule has 23 heavy (non-hydrogen) atoms. The van der Waals surface area contributed by atoms with Gasteiger partial charge in [-0.25, -0.2) is 0 Å². The van der Waals surface area contributed by atoms with Crippen LogP contribution in [0.4, 0.5) is 0 Å². The van der Waals surface area contributed by atoms with E-state index in [9.17, 15) is 0 Å². The molecule has 0 N–H and O–H groups in total. The molecular weight excluding hydrogens is 344 g/mol. The van der Waals surface area contributed by atoms with Crippen molar-refractivity contribution in [1.29, 1.82) is 0 Å². The zero-order valence-electron chi connectivity index (χ0n) is 14.1. The van der Waals surface area contributed by atoms with Crippen molar-refractivity contribution >= 4 is 15.9 Å². The molecule has 0 spiro atoms. The summed E-state index contributed by atoms with van der Waals surface area (Å²) in [5.41, 5.74) is 3.52. The van der Waals surface area contributed by atoms with E-state index in [1.807, 2.05) is 0 Å². The second kappa shape index (κ2) is 7.66. The first kappa shape index (κ1) is 16.8. The average molecular weight is 371 g/mol. The second-order valence-corrected chi connectivity index (χ2v) is 8.02. The minimum Gasteiger partial charge on any atom is -0.0648 e. The van der Waals surface area contributed by atoms with Crippen LogP contribution < -0.4 is 0 Å². The topological polar surface area (TPSA) is 0 Å². The minimum absolute atomic E-state index is 0.545. The Hall–Kier alpha value is -1.08. The lowest BCUT2D eigenvalue weighted by Gasteiger charge is -2.34. The molecule has 3 rings (SSSR count). The monoisotopic (exact) mass is 370 g/mol. The first-order chi connectivity index (χ1) is 11.2. The molecule has 0 aliphatic heterocycles. The van der Waals surface area contributed by atoms with E-state index in [1.165, 1.54) is 60.5 Å². The molecule has 0 bridgehead atoms. The summed E-state index contributed by atoms with van der Waals surface area (Å²) < 4.78 is 1.18. The first-order valence-electron chi connectivity index (χ1n) is 9.00. The van der Waals surface area contributed by atoms with Crippen LogP contribution in [0.3, 0.4) is 0 Å². The summed E-state index contributed by atoms with van der Waals surface area (Å²) in [4.78, 5) is 0. The summed E-state index contributed by atoms with van der Waals surface area (Å²) in [6.07, 6.45) is 9.34. The van der Waals surface area contributed by atoms with E-state index in [0.29, 0.717) is 5.41 Å². The summed E-state index contributed by atoms with van der Waals surface area (Å²) in [5.74, 6) is 0.965. The fourth-order valence-corrected chi connectivity index (χ4v) is 4.22. The molecule has 2 aromatic carbocycles. The Bertz CT molecular complexity index is 598. The van der Waals surface area contributed by atoms with Gasteiger partial charge in [-0.2, -0.15) is 0 Å². The summed E-state index contributed by atoms with van der Waals surface area (Å²) in [7, 11) is 0. The van der Waals surface area contributed by atoms with Crippen molar-refractivity contribution in [2.75, 3.05) is 0 Å². The van der Waals surface area contributed by atoms with Crippen molar-refractivity contribution in [1.82, 2.24) is 0 Å². The summed E-state index contributed by atoms with van der Waals surface area (Å²) in [6, 6.07) is 19.9. The largest absolute Gasteiger partial charge is 0.0648 e. The van der Waals surface area contributed by atoms with Gasteiger partial charge in [-0.1, -0.05) is 71.7 Å². The van der Waals surface area contributed by atoms with Gasteiger partial charge in [0.15, 0.2) is 0 Å². The molecule has 0 heterocycles. The van der Waals surface area contributed by atoms with E-state index in [-0.39, 0.29) is 0 Å². The van der Waals surface area contributed by atoms with Crippen molar-refractivity contribution in [3.05, 3.63) is 70.2 Å². The lowest BCUT2D eigenvalue weighted by Crippen LogP contribution is -2.24. The quantitative estimate of drug-likeness (QED) is 0.478. The van der Waals surface area contributed by atoms with Gasteiger partial charge in [0.25, 0.3) is 0 Å². The van der Waals surface area contributed by atoms with Gasteiger partial charge in [0.2, 0.25) is 0 Å². The predicted molar refractivity (Wildman–Crippen MR) is 103 cm³/mol. The van der Waals surface area contributed by atoms with Gasteiger partial charge in [-0.15, -0.1) is 0 Å². The van der Waals surface area contributed by atoms with Crippen LogP contribution in [0.1, 0.15) is 50.2 Å². The highest BCUT2D eigenvalue weighted by molar-refractivity contribution is 9.10. The van der Waals surface area contributed by atoms with Crippen molar-refractivity contribution in [2.24, 2.45) is 11.3 Å².